The molecule has 0 aromatic heterocycles. The molecule has 0 spiro atoms. The van der Waals surface area contributed by atoms with Crippen molar-refractivity contribution >= 4 is 17.3 Å². The molecule has 0 saturated carbocycles. The van der Waals surface area contributed by atoms with E-state index >= 15 is 0 Å². The highest BCUT2D eigenvalue weighted by Crippen LogP contribution is 2.32. The molecule has 168 valence electrons. The number of ether oxygens (including phenoxy) is 3. The number of aliphatic hydroxyl groups is 1. The monoisotopic (exact) mass is 429 g/mol. The molecule has 1 unspecified atom stereocenters. The van der Waals surface area contributed by atoms with Crippen LogP contribution < -0.4 is 24.4 Å². The number of anilines is 2. The Morgan fingerprint density at radius 1 is 1.06 bits per heavy atom. The van der Waals surface area contributed by atoms with Crippen LogP contribution in [0, 0.1) is 0 Å². The highest BCUT2D eigenvalue weighted by atomic mass is 16.5. The Kier molecular flexibility index (Phi) is 7.97. The van der Waals surface area contributed by atoms with Crippen molar-refractivity contribution in [3.8, 4) is 17.2 Å². The number of hydrogen-bond donors (Lipinski definition) is 2. The van der Waals surface area contributed by atoms with E-state index < -0.39 is 6.10 Å². The van der Waals surface area contributed by atoms with Crippen LogP contribution in [0.15, 0.2) is 42.5 Å². The van der Waals surface area contributed by atoms with Crippen LogP contribution in [-0.2, 0) is 4.79 Å². The van der Waals surface area contributed by atoms with Gasteiger partial charge < -0.3 is 29.5 Å². The lowest BCUT2D eigenvalue weighted by atomic mass is 10.2. The molecule has 0 aliphatic carbocycles. The van der Waals surface area contributed by atoms with Gasteiger partial charge in [0.05, 0.1) is 25.6 Å². The van der Waals surface area contributed by atoms with Crippen LogP contribution in [0.1, 0.15) is 6.92 Å². The summed E-state index contributed by atoms with van der Waals surface area (Å²) in [7, 11) is 3.30. The number of aliphatic hydroxyl groups excluding tert-OH is 1. The third-order valence-electron chi connectivity index (χ3n) is 5.20. The van der Waals surface area contributed by atoms with Gasteiger partial charge in [-0.05, 0) is 24.3 Å². The summed E-state index contributed by atoms with van der Waals surface area (Å²) in [4.78, 5) is 15.8. The molecule has 1 heterocycles. The lowest BCUT2D eigenvalue weighted by Gasteiger charge is -2.37. The Hall–Kier alpha value is -2.97. The molecule has 3 rings (SSSR count). The quantitative estimate of drug-likeness (QED) is 0.632. The average molecular weight is 430 g/mol. The van der Waals surface area contributed by atoms with E-state index in [-0.39, 0.29) is 12.5 Å². The first-order valence-electron chi connectivity index (χ1n) is 10.4. The minimum absolute atomic E-state index is 0.156. The Labute approximate surface area is 183 Å². The number of nitrogens with one attached hydrogen (secondary N) is 1. The molecule has 0 radical (unpaired) electrons. The smallest absolute Gasteiger partial charge is 0.221 e. The number of rotatable bonds is 9. The topological polar surface area (TPSA) is 83.5 Å². The SMILES string of the molecule is COc1ccc(N2CCN(CC(O)COc3ccccc3NC(C)=O)CC2)c(OC)c1. The van der Waals surface area contributed by atoms with E-state index in [2.05, 4.69) is 15.1 Å². The second-order valence-corrected chi connectivity index (χ2v) is 7.47. The number of amides is 1. The predicted molar refractivity (Wildman–Crippen MR) is 120 cm³/mol. The van der Waals surface area contributed by atoms with Crippen LogP contribution in [-0.4, -0.2) is 75.6 Å². The maximum Gasteiger partial charge on any atom is 0.221 e. The number of β-amino-alcohol motifs (C(OH)–C–C–N with tert-alkyl or cyclic N) is 1. The molecular weight excluding hydrogens is 398 g/mol. The van der Waals surface area contributed by atoms with Crippen molar-refractivity contribution in [2.24, 2.45) is 0 Å². The molecule has 1 saturated heterocycles. The zero-order chi connectivity index (χ0) is 22.2. The van der Waals surface area contributed by atoms with Crippen molar-refractivity contribution in [3.63, 3.8) is 0 Å². The number of para-hydroxylation sites is 2. The maximum atomic E-state index is 11.3. The third-order valence-corrected chi connectivity index (χ3v) is 5.20. The summed E-state index contributed by atoms with van der Waals surface area (Å²) in [6, 6.07) is 13.1. The first-order chi connectivity index (χ1) is 15.0. The molecule has 1 fully saturated rings. The Morgan fingerprint density at radius 3 is 2.48 bits per heavy atom. The molecular formula is C23H31N3O5. The van der Waals surface area contributed by atoms with Gasteiger partial charge in [0.1, 0.15) is 30.0 Å². The fourth-order valence-corrected chi connectivity index (χ4v) is 3.64. The highest BCUT2D eigenvalue weighted by Gasteiger charge is 2.22. The summed E-state index contributed by atoms with van der Waals surface area (Å²) in [5, 5.41) is 13.2. The molecule has 1 amide bonds. The van der Waals surface area contributed by atoms with E-state index in [0.717, 1.165) is 43.4 Å². The summed E-state index contributed by atoms with van der Waals surface area (Å²) < 4.78 is 16.5. The summed E-state index contributed by atoms with van der Waals surface area (Å²) in [5.41, 5.74) is 1.64. The summed E-state index contributed by atoms with van der Waals surface area (Å²) in [6.45, 7) is 5.46. The number of nitrogens with zero attached hydrogens (tertiary/aromatic N) is 2. The van der Waals surface area contributed by atoms with Gasteiger partial charge in [-0.3, -0.25) is 9.69 Å². The van der Waals surface area contributed by atoms with Crippen LogP contribution in [0.5, 0.6) is 17.2 Å². The molecule has 31 heavy (non-hydrogen) atoms. The van der Waals surface area contributed by atoms with Crippen LogP contribution >= 0.6 is 0 Å². The first-order valence-corrected chi connectivity index (χ1v) is 10.4. The fourth-order valence-electron chi connectivity index (χ4n) is 3.64. The molecule has 1 aliphatic heterocycles. The van der Waals surface area contributed by atoms with Crippen molar-refractivity contribution in [2.45, 2.75) is 13.0 Å². The number of benzene rings is 2. The first kappa shape index (κ1) is 22.7. The van der Waals surface area contributed by atoms with Crippen molar-refractivity contribution in [3.05, 3.63) is 42.5 Å². The molecule has 1 atom stereocenters. The Bertz CT molecular complexity index is 868. The zero-order valence-electron chi connectivity index (χ0n) is 18.3. The second kappa shape index (κ2) is 10.9. The van der Waals surface area contributed by atoms with E-state index in [1.54, 1.807) is 26.4 Å². The third kappa shape index (κ3) is 6.26. The number of piperazine rings is 1. The van der Waals surface area contributed by atoms with Gasteiger partial charge in [0.15, 0.2) is 0 Å². The number of carbonyl (C=O) groups excluding carboxylic acids is 1. The minimum Gasteiger partial charge on any atom is -0.497 e. The van der Waals surface area contributed by atoms with E-state index in [1.165, 1.54) is 6.92 Å². The summed E-state index contributed by atoms with van der Waals surface area (Å²) in [5.74, 6) is 1.94. The average Bonchev–Trinajstić information content (AvgIpc) is 2.78. The largest absolute Gasteiger partial charge is 0.497 e. The minimum atomic E-state index is -0.632. The molecule has 0 bridgehead atoms. The van der Waals surface area contributed by atoms with Gasteiger partial charge in [0, 0.05) is 45.7 Å². The molecule has 8 heteroatoms. The fraction of sp³-hybridized carbons (Fsp3) is 0.435. The standard InChI is InChI=1S/C23H31N3O5/c1-17(27)24-20-6-4-5-7-22(20)31-16-18(28)15-25-10-12-26(13-11-25)21-9-8-19(29-2)14-23(21)30-3/h4-9,14,18,28H,10-13,15-16H2,1-3H3,(H,24,27). The molecule has 8 nitrogen and oxygen atoms in total. The van der Waals surface area contributed by atoms with Crippen LogP contribution in [0.2, 0.25) is 0 Å². The van der Waals surface area contributed by atoms with Gasteiger partial charge in [-0.15, -0.1) is 0 Å². The van der Waals surface area contributed by atoms with E-state index in [4.69, 9.17) is 14.2 Å². The van der Waals surface area contributed by atoms with Crippen molar-refractivity contribution in [1.82, 2.24) is 4.90 Å². The van der Waals surface area contributed by atoms with Gasteiger partial charge in [-0.25, -0.2) is 0 Å². The normalized spacial score (nSPS) is 15.3. The lowest BCUT2D eigenvalue weighted by Crippen LogP contribution is -2.49. The summed E-state index contributed by atoms with van der Waals surface area (Å²) >= 11 is 0. The van der Waals surface area contributed by atoms with Gasteiger partial charge in [-0.2, -0.15) is 0 Å². The van der Waals surface area contributed by atoms with E-state index in [0.29, 0.717) is 18.0 Å². The van der Waals surface area contributed by atoms with Gasteiger partial charge >= 0.3 is 0 Å². The predicted octanol–water partition coefficient (Wildman–Crippen LogP) is 2.22. The second-order valence-electron chi connectivity index (χ2n) is 7.47. The molecule has 2 aromatic rings. The maximum absolute atomic E-state index is 11.3. The molecule has 2 N–H and O–H groups in total. The van der Waals surface area contributed by atoms with E-state index in [9.17, 15) is 9.90 Å². The number of hydrogen-bond acceptors (Lipinski definition) is 7. The highest BCUT2D eigenvalue weighted by molar-refractivity contribution is 5.90. The van der Waals surface area contributed by atoms with Gasteiger partial charge in [0.25, 0.3) is 0 Å². The van der Waals surface area contributed by atoms with Crippen LogP contribution in [0.3, 0.4) is 0 Å². The van der Waals surface area contributed by atoms with Crippen molar-refractivity contribution in [1.29, 1.82) is 0 Å². The van der Waals surface area contributed by atoms with Crippen LogP contribution in [0.25, 0.3) is 0 Å². The van der Waals surface area contributed by atoms with Gasteiger partial charge in [0.2, 0.25) is 5.91 Å². The van der Waals surface area contributed by atoms with Crippen LogP contribution in [0.4, 0.5) is 11.4 Å². The molecule has 1 aliphatic rings. The number of carbonyl (C=O) groups is 1. The number of methoxy groups -OCH3 is 2. The van der Waals surface area contributed by atoms with Crippen molar-refractivity contribution in [2.75, 3.05) is 63.8 Å². The lowest BCUT2D eigenvalue weighted by molar-refractivity contribution is -0.114. The van der Waals surface area contributed by atoms with Gasteiger partial charge in [-0.1, -0.05) is 12.1 Å². The Morgan fingerprint density at radius 2 is 1.81 bits per heavy atom. The van der Waals surface area contributed by atoms with E-state index in [1.807, 2.05) is 30.3 Å². The van der Waals surface area contributed by atoms with Crippen molar-refractivity contribution < 1.29 is 24.1 Å². The Balaban J connectivity index is 1.49. The zero-order valence-corrected chi connectivity index (χ0v) is 18.3. The summed E-state index contributed by atoms with van der Waals surface area (Å²) in [6.07, 6.45) is -0.632. The molecule has 2 aromatic carbocycles.